The van der Waals surface area contributed by atoms with Crippen LogP contribution in [0.25, 0.3) is 0 Å². The maximum Gasteiger partial charge on any atom is 0.287 e. The molecule has 2 aromatic carbocycles. The summed E-state index contributed by atoms with van der Waals surface area (Å²) in [5.41, 5.74) is 7.59. The molecule has 1 aliphatic heterocycles. The van der Waals surface area contributed by atoms with Crippen LogP contribution >= 0.6 is 0 Å². The molecule has 6 heteroatoms. The molecule has 2 aromatic rings. The summed E-state index contributed by atoms with van der Waals surface area (Å²) < 4.78 is 0. The van der Waals surface area contributed by atoms with E-state index in [2.05, 4.69) is 6.07 Å². The third kappa shape index (κ3) is 4.26. The van der Waals surface area contributed by atoms with Gasteiger partial charge in [0, 0.05) is 18.9 Å². The van der Waals surface area contributed by atoms with E-state index < -0.39 is 17.7 Å². The van der Waals surface area contributed by atoms with Crippen molar-refractivity contribution in [1.82, 2.24) is 4.90 Å². The average Bonchev–Trinajstić information content (AvgIpc) is 3.06. The molecular formula is C22H21N3O3. The molecule has 0 saturated carbocycles. The van der Waals surface area contributed by atoms with Crippen molar-refractivity contribution in [2.24, 2.45) is 5.73 Å². The summed E-state index contributed by atoms with van der Waals surface area (Å²) in [5.74, 6) is -1.95. The molecule has 0 bridgehead atoms. The monoisotopic (exact) mass is 375 g/mol. The Balaban J connectivity index is 1.89. The fourth-order valence-electron chi connectivity index (χ4n) is 3.75. The maximum absolute atomic E-state index is 12.6. The number of carbonyl (C=O) groups excluding carboxylic acids is 3. The number of nitrogens with zero attached hydrogens (tertiary/aromatic N) is 2. The quantitative estimate of drug-likeness (QED) is 0.745. The Labute approximate surface area is 163 Å². The van der Waals surface area contributed by atoms with E-state index in [4.69, 9.17) is 11.0 Å². The lowest BCUT2D eigenvalue weighted by atomic mass is 9.97. The molecule has 1 heterocycles. The predicted molar refractivity (Wildman–Crippen MR) is 103 cm³/mol. The van der Waals surface area contributed by atoms with Crippen molar-refractivity contribution >= 4 is 17.6 Å². The highest BCUT2D eigenvalue weighted by atomic mass is 16.2. The normalized spacial score (nSPS) is 17.2. The number of amides is 2. The Hall–Kier alpha value is -3.46. The van der Waals surface area contributed by atoms with Crippen LogP contribution in [-0.2, 0) is 27.2 Å². The molecule has 6 nitrogen and oxygen atoms in total. The zero-order valence-corrected chi connectivity index (χ0v) is 15.4. The van der Waals surface area contributed by atoms with Crippen molar-refractivity contribution in [1.29, 1.82) is 5.26 Å². The zero-order chi connectivity index (χ0) is 20.1. The third-order valence-electron chi connectivity index (χ3n) is 5.05. The molecule has 1 unspecified atom stereocenters. The highest BCUT2D eigenvalue weighted by Gasteiger charge is 2.40. The average molecular weight is 375 g/mol. The van der Waals surface area contributed by atoms with Crippen molar-refractivity contribution in [3.63, 3.8) is 0 Å². The summed E-state index contributed by atoms with van der Waals surface area (Å²) in [6.07, 6.45) is 1.66. The minimum Gasteiger partial charge on any atom is -0.363 e. The second-order valence-electron chi connectivity index (χ2n) is 6.94. The van der Waals surface area contributed by atoms with E-state index in [1.54, 1.807) is 18.2 Å². The first kappa shape index (κ1) is 19.3. The van der Waals surface area contributed by atoms with E-state index in [0.29, 0.717) is 24.8 Å². The van der Waals surface area contributed by atoms with Gasteiger partial charge in [-0.1, -0.05) is 42.5 Å². The Morgan fingerprint density at radius 1 is 1.14 bits per heavy atom. The number of nitriles is 1. The van der Waals surface area contributed by atoms with Gasteiger partial charge in [0.1, 0.15) is 6.04 Å². The van der Waals surface area contributed by atoms with Crippen LogP contribution in [-0.4, -0.2) is 34.6 Å². The Morgan fingerprint density at radius 2 is 1.86 bits per heavy atom. The van der Waals surface area contributed by atoms with E-state index in [-0.39, 0.29) is 18.4 Å². The van der Waals surface area contributed by atoms with Gasteiger partial charge in [0.25, 0.3) is 5.91 Å². The fourth-order valence-corrected chi connectivity index (χ4v) is 3.75. The second kappa shape index (κ2) is 8.49. The Kier molecular flexibility index (Phi) is 5.85. The number of carbonyl (C=O) groups is 3. The van der Waals surface area contributed by atoms with Crippen LogP contribution in [0.5, 0.6) is 0 Å². The first-order valence-electron chi connectivity index (χ1n) is 9.17. The molecule has 142 valence electrons. The molecular weight excluding hydrogens is 354 g/mol. The van der Waals surface area contributed by atoms with E-state index >= 15 is 0 Å². The summed E-state index contributed by atoms with van der Waals surface area (Å²) in [5, 5.41) is 9.09. The van der Waals surface area contributed by atoms with Crippen LogP contribution in [0.2, 0.25) is 0 Å². The summed E-state index contributed by atoms with van der Waals surface area (Å²) in [6.45, 7) is 0. The van der Waals surface area contributed by atoms with Crippen molar-refractivity contribution in [2.75, 3.05) is 0 Å². The lowest BCUT2D eigenvalue weighted by molar-refractivity contribution is -0.144. The van der Waals surface area contributed by atoms with Gasteiger partial charge in [-0.15, -0.1) is 0 Å². The van der Waals surface area contributed by atoms with Gasteiger partial charge in [-0.25, -0.2) is 0 Å². The van der Waals surface area contributed by atoms with Crippen LogP contribution in [0.1, 0.15) is 29.5 Å². The van der Waals surface area contributed by atoms with Gasteiger partial charge < -0.3 is 10.6 Å². The minimum absolute atomic E-state index is 0.156. The molecule has 0 spiro atoms. The molecule has 0 aliphatic carbocycles. The first-order chi connectivity index (χ1) is 13.5. The molecule has 1 saturated heterocycles. The van der Waals surface area contributed by atoms with Gasteiger partial charge in [0.2, 0.25) is 11.7 Å². The largest absolute Gasteiger partial charge is 0.363 e. The number of benzene rings is 2. The molecule has 1 fully saturated rings. The highest BCUT2D eigenvalue weighted by Crippen LogP contribution is 2.27. The third-order valence-corrected chi connectivity index (χ3v) is 5.05. The van der Waals surface area contributed by atoms with Gasteiger partial charge in [-0.3, -0.25) is 14.4 Å². The number of primary amides is 1. The molecule has 0 radical (unpaired) electrons. The summed E-state index contributed by atoms with van der Waals surface area (Å²) >= 11 is 0. The number of nitrogens with two attached hydrogens (primary N) is 1. The van der Waals surface area contributed by atoms with Gasteiger partial charge in [-0.2, -0.15) is 5.26 Å². The maximum atomic E-state index is 12.6. The van der Waals surface area contributed by atoms with Crippen LogP contribution in [0.3, 0.4) is 0 Å². The van der Waals surface area contributed by atoms with Crippen molar-refractivity contribution < 1.29 is 14.4 Å². The molecule has 2 N–H and O–H groups in total. The van der Waals surface area contributed by atoms with Crippen LogP contribution < -0.4 is 5.73 Å². The number of hydrogen-bond donors (Lipinski definition) is 1. The van der Waals surface area contributed by atoms with Crippen molar-refractivity contribution in [3.05, 3.63) is 71.3 Å². The van der Waals surface area contributed by atoms with E-state index in [1.165, 1.54) is 4.90 Å². The fraction of sp³-hybridized carbons (Fsp3) is 0.273. The summed E-state index contributed by atoms with van der Waals surface area (Å²) in [6, 6.07) is 17.4. The van der Waals surface area contributed by atoms with Crippen LogP contribution in [0, 0.1) is 11.3 Å². The first-order valence-corrected chi connectivity index (χ1v) is 9.17. The number of hydrogen-bond acceptors (Lipinski definition) is 4. The molecule has 2 amide bonds. The lowest BCUT2D eigenvalue weighted by Gasteiger charge is -2.32. The molecule has 3 rings (SSSR count). The minimum atomic E-state index is -1.04. The molecule has 1 aliphatic rings. The van der Waals surface area contributed by atoms with Gasteiger partial charge >= 0.3 is 0 Å². The molecule has 2 atom stereocenters. The second-order valence-corrected chi connectivity index (χ2v) is 6.94. The van der Waals surface area contributed by atoms with E-state index in [1.807, 2.05) is 36.4 Å². The number of likely N-dealkylation sites (tertiary alicyclic amines) is 1. The Bertz CT molecular complexity index is 934. The van der Waals surface area contributed by atoms with Gasteiger partial charge in [-0.05, 0) is 36.1 Å². The molecule has 0 aromatic heterocycles. The zero-order valence-electron chi connectivity index (χ0n) is 15.4. The predicted octanol–water partition coefficient (Wildman–Crippen LogP) is 1.76. The highest BCUT2D eigenvalue weighted by molar-refractivity contribution is 6.37. The Morgan fingerprint density at radius 3 is 2.54 bits per heavy atom. The smallest absolute Gasteiger partial charge is 0.287 e. The topological polar surface area (TPSA) is 104 Å². The van der Waals surface area contributed by atoms with Crippen LogP contribution in [0.4, 0.5) is 0 Å². The number of Topliss-reactive ketones (excluding diaryl/α,β-unsaturated/α-hetero) is 1. The molecule has 28 heavy (non-hydrogen) atoms. The standard InChI is InChI=1S/C22H21N3O3/c23-14-17-8-4-7-16(11-17)12-18-9-10-20(26)25(18)19(21(27)22(24)28)13-15-5-2-1-3-6-15/h1-8,11,18-19H,9-10,12-13H2,(H2,24,28)/t18-,19?/m1/s1. The van der Waals surface area contributed by atoms with Crippen molar-refractivity contribution in [3.8, 4) is 6.07 Å². The van der Waals surface area contributed by atoms with Crippen molar-refractivity contribution in [2.45, 2.75) is 37.8 Å². The van der Waals surface area contributed by atoms with E-state index in [9.17, 15) is 14.4 Å². The summed E-state index contributed by atoms with van der Waals surface area (Å²) in [7, 11) is 0. The van der Waals surface area contributed by atoms with Gasteiger partial charge in [0.15, 0.2) is 0 Å². The van der Waals surface area contributed by atoms with E-state index in [0.717, 1.165) is 11.1 Å². The van der Waals surface area contributed by atoms with Gasteiger partial charge in [0.05, 0.1) is 11.6 Å². The number of rotatable bonds is 7. The number of ketones is 1. The SMILES string of the molecule is N#Cc1cccc(C[C@H]2CCC(=O)N2C(Cc2ccccc2)C(=O)C(N)=O)c1. The summed E-state index contributed by atoms with van der Waals surface area (Å²) in [4.78, 5) is 38.4. The lowest BCUT2D eigenvalue weighted by Crippen LogP contribution is -2.51. The van der Waals surface area contributed by atoms with Crippen LogP contribution in [0.15, 0.2) is 54.6 Å².